The SMILES string of the molecule is COc1cc(C2(C=O)CC2)ccc1Cl. The predicted octanol–water partition coefficient (Wildman–Crippen LogP) is 2.58. The molecule has 0 atom stereocenters. The van der Waals surface area contributed by atoms with Crippen molar-refractivity contribution in [3.05, 3.63) is 28.8 Å². The lowest BCUT2D eigenvalue weighted by atomic mass is 9.98. The summed E-state index contributed by atoms with van der Waals surface area (Å²) in [4.78, 5) is 10.9. The van der Waals surface area contributed by atoms with Crippen LogP contribution in [0.1, 0.15) is 18.4 Å². The first kappa shape index (κ1) is 9.53. The fourth-order valence-electron chi connectivity index (χ4n) is 1.58. The largest absolute Gasteiger partial charge is 0.495 e. The van der Waals surface area contributed by atoms with E-state index in [1.165, 1.54) is 0 Å². The topological polar surface area (TPSA) is 26.3 Å². The number of hydrogen-bond acceptors (Lipinski definition) is 2. The summed E-state index contributed by atoms with van der Waals surface area (Å²) in [6, 6.07) is 5.52. The molecule has 1 saturated carbocycles. The molecule has 0 aliphatic heterocycles. The molecule has 3 heteroatoms. The van der Waals surface area contributed by atoms with Crippen molar-refractivity contribution in [3.63, 3.8) is 0 Å². The van der Waals surface area contributed by atoms with Crippen LogP contribution >= 0.6 is 11.6 Å². The van der Waals surface area contributed by atoms with Gasteiger partial charge in [0.2, 0.25) is 0 Å². The molecule has 74 valence electrons. The molecule has 1 aromatic carbocycles. The average molecular weight is 211 g/mol. The van der Waals surface area contributed by atoms with Gasteiger partial charge in [-0.3, -0.25) is 0 Å². The van der Waals surface area contributed by atoms with Gasteiger partial charge in [0, 0.05) is 0 Å². The smallest absolute Gasteiger partial charge is 0.137 e. The summed E-state index contributed by atoms with van der Waals surface area (Å²) in [5.74, 6) is 0.636. The number of halogens is 1. The van der Waals surface area contributed by atoms with Gasteiger partial charge in [0.15, 0.2) is 0 Å². The molecule has 1 aliphatic rings. The first-order valence-corrected chi connectivity index (χ1v) is 4.90. The fraction of sp³-hybridized carbons (Fsp3) is 0.364. The van der Waals surface area contributed by atoms with Crippen molar-refractivity contribution < 1.29 is 9.53 Å². The van der Waals surface area contributed by atoms with Crippen molar-refractivity contribution >= 4 is 17.9 Å². The highest BCUT2D eigenvalue weighted by Crippen LogP contribution is 2.47. The molecule has 0 unspecified atom stereocenters. The summed E-state index contributed by atoms with van der Waals surface area (Å²) in [5, 5.41) is 0.581. The molecule has 2 rings (SSSR count). The van der Waals surface area contributed by atoms with Crippen LogP contribution in [-0.4, -0.2) is 13.4 Å². The van der Waals surface area contributed by atoms with Crippen LogP contribution in [0.25, 0.3) is 0 Å². The number of methoxy groups -OCH3 is 1. The molecule has 0 radical (unpaired) electrons. The van der Waals surface area contributed by atoms with E-state index in [0.717, 1.165) is 24.7 Å². The zero-order valence-corrected chi connectivity index (χ0v) is 8.67. The second kappa shape index (κ2) is 3.28. The number of rotatable bonds is 3. The minimum absolute atomic E-state index is 0.252. The van der Waals surface area contributed by atoms with Gasteiger partial charge in [-0.1, -0.05) is 17.7 Å². The van der Waals surface area contributed by atoms with Crippen LogP contribution in [0.2, 0.25) is 5.02 Å². The fourth-order valence-corrected chi connectivity index (χ4v) is 1.77. The monoisotopic (exact) mass is 210 g/mol. The van der Waals surface area contributed by atoms with Crippen molar-refractivity contribution in [1.29, 1.82) is 0 Å². The van der Waals surface area contributed by atoms with Gasteiger partial charge < -0.3 is 9.53 Å². The number of hydrogen-bond donors (Lipinski definition) is 0. The average Bonchev–Trinajstić information content (AvgIpc) is 2.99. The molecule has 0 spiro atoms. The second-order valence-electron chi connectivity index (χ2n) is 3.62. The summed E-state index contributed by atoms with van der Waals surface area (Å²) in [5.41, 5.74) is 0.756. The van der Waals surface area contributed by atoms with E-state index >= 15 is 0 Å². The summed E-state index contributed by atoms with van der Waals surface area (Å²) in [7, 11) is 1.57. The molecular weight excluding hydrogens is 200 g/mol. The Morgan fingerprint density at radius 1 is 1.50 bits per heavy atom. The highest BCUT2D eigenvalue weighted by Gasteiger charge is 2.44. The summed E-state index contributed by atoms with van der Waals surface area (Å²) in [6.07, 6.45) is 2.89. The summed E-state index contributed by atoms with van der Waals surface area (Å²) in [6.45, 7) is 0. The Balaban J connectivity index is 2.41. The highest BCUT2D eigenvalue weighted by atomic mass is 35.5. The summed E-state index contributed by atoms with van der Waals surface area (Å²) < 4.78 is 5.11. The van der Waals surface area contributed by atoms with Crippen LogP contribution < -0.4 is 4.74 Å². The van der Waals surface area contributed by atoms with Gasteiger partial charge >= 0.3 is 0 Å². The van der Waals surface area contributed by atoms with Gasteiger partial charge in [-0.25, -0.2) is 0 Å². The van der Waals surface area contributed by atoms with E-state index in [0.29, 0.717) is 10.8 Å². The van der Waals surface area contributed by atoms with Crippen LogP contribution in [-0.2, 0) is 10.2 Å². The molecule has 0 aromatic heterocycles. The Morgan fingerprint density at radius 2 is 2.21 bits per heavy atom. The van der Waals surface area contributed by atoms with Crippen LogP contribution in [0.15, 0.2) is 18.2 Å². The molecule has 1 aliphatic carbocycles. The Bertz CT molecular complexity index is 370. The Hall–Kier alpha value is -1.02. The van der Waals surface area contributed by atoms with Crippen LogP contribution in [0.5, 0.6) is 5.75 Å². The summed E-state index contributed by atoms with van der Waals surface area (Å²) >= 11 is 5.90. The lowest BCUT2D eigenvalue weighted by Crippen LogP contribution is -2.07. The van der Waals surface area contributed by atoms with E-state index in [1.54, 1.807) is 13.2 Å². The van der Waals surface area contributed by atoms with E-state index in [9.17, 15) is 4.79 Å². The molecule has 0 N–H and O–H groups in total. The standard InChI is InChI=1S/C11H11ClO2/c1-14-10-6-8(2-3-9(10)12)11(7-13)4-5-11/h2-3,6-7H,4-5H2,1H3. The third-order valence-corrected chi connectivity index (χ3v) is 3.05. The van der Waals surface area contributed by atoms with E-state index in [1.807, 2.05) is 12.1 Å². The molecule has 0 saturated heterocycles. The van der Waals surface area contributed by atoms with E-state index in [4.69, 9.17) is 16.3 Å². The zero-order valence-electron chi connectivity index (χ0n) is 7.92. The molecule has 1 aromatic rings. The Labute approximate surface area is 87.8 Å². The molecule has 1 fully saturated rings. The normalized spacial score (nSPS) is 17.6. The van der Waals surface area contributed by atoms with Crippen LogP contribution in [0.3, 0.4) is 0 Å². The third kappa shape index (κ3) is 1.40. The lowest BCUT2D eigenvalue weighted by molar-refractivity contribution is -0.109. The van der Waals surface area contributed by atoms with Crippen molar-refractivity contribution in [2.75, 3.05) is 7.11 Å². The first-order chi connectivity index (χ1) is 6.72. The maximum Gasteiger partial charge on any atom is 0.137 e. The number of carbonyl (C=O) groups excluding carboxylic acids is 1. The van der Waals surface area contributed by atoms with E-state index in [-0.39, 0.29) is 5.41 Å². The molecule has 0 bridgehead atoms. The Morgan fingerprint density at radius 3 is 2.71 bits per heavy atom. The first-order valence-electron chi connectivity index (χ1n) is 4.52. The number of aldehydes is 1. The van der Waals surface area contributed by atoms with E-state index in [2.05, 4.69) is 0 Å². The van der Waals surface area contributed by atoms with Gasteiger partial charge in [-0.15, -0.1) is 0 Å². The maximum absolute atomic E-state index is 10.9. The van der Waals surface area contributed by atoms with Gasteiger partial charge in [-0.2, -0.15) is 0 Å². The molecule has 0 heterocycles. The number of benzene rings is 1. The highest BCUT2D eigenvalue weighted by molar-refractivity contribution is 6.32. The van der Waals surface area contributed by atoms with Gasteiger partial charge in [-0.05, 0) is 30.5 Å². The van der Waals surface area contributed by atoms with Crippen LogP contribution in [0, 0.1) is 0 Å². The quantitative estimate of drug-likeness (QED) is 0.717. The molecule has 14 heavy (non-hydrogen) atoms. The minimum atomic E-state index is -0.252. The van der Waals surface area contributed by atoms with Gasteiger partial charge in [0.1, 0.15) is 12.0 Å². The number of ether oxygens (including phenoxy) is 1. The second-order valence-corrected chi connectivity index (χ2v) is 4.03. The third-order valence-electron chi connectivity index (χ3n) is 2.74. The Kier molecular flexibility index (Phi) is 2.23. The molecular formula is C11H11ClO2. The van der Waals surface area contributed by atoms with E-state index < -0.39 is 0 Å². The number of carbonyl (C=O) groups is 1. The zero-order chi connectivity index (χ0) is 10.2. The van der Waals surface area contributed by atoms with Crippen molar-refractivity contribution in [1.82, 2.24) is 0 Å². The van der Waals surface area contributed by atoms with Crippen molar-refractivity contribution in [3.8, 4) is 5.75 Å². The predicted molar refractivity (Wildman–Crippen MR) is 55.0 cm³/mol. The molecule has 2 nitrogen and oxygen atoms in total. The lowest BCUT2D eigenvalue weighted by Gasteiger charge is -2.10. The van der Waals surface area contributed by atoms with Crippen molar-refractivity contribution in [2.45, 2.75) is 18.3 Å². The minimum Gasteiger partial charge on any atom is -0.495 e. The van der Waals surface area contributed by atoms with Crippen molar-refractivity contribution in [2.24, 2.45) is 0 Å². The molecule has 0 amide bonds. The maximum atomic E-state index is 10.9. The van der Waals surface area contributed by atoms with Gasteiger partial charge in [0.25, 0.3) is 0 Å². The van der Waals surface area contributed by atoms with Crippen LogP contribution in [0.4, 0.5) is 0 Å². The van der Waals surface area contributed by atoms with Gasteiger partial charge in [0.05, 0.1) is 17.5 Å².